The third-order valence-corrected chi connectivity index (χ3v) is 3.24. The lowest BCUT2D eigenvalue weighted by molar-refractivity contribution is 0.624. The molecule has 1 aromatic heterocycles. The van der Waals surface area contributed by atoms with Crippen LogP contribution in [0, 0.1) is 17.1 Å². The second kappa shape index (κ2) is 5.59. The highest BCUT2D eigenvalue weighted by atomic mass is 19.1. The van der Waals surface area contributed by atoms with E-state index in [0.717, 1.165) is 16.7 Å². The molecule has 0 aliphatic carbocycles. The van der Waals surface area contributed by atoms with Gasteiger partial charge in [0.2, 0.25) is 0 Å². The van der Waals surface area contributed by atoms with Gasteiger partial charge in [0.05, 0.1) is 18.3 Å². The second-order valence-electron chi connectivity index (χ2n) is 4.72. The third kappa shape index (κ3) is 2.82. The highest BCUT2D eigenvalue weighted by Gasteiger charge is 2.07. The molecule has 3 aromatic rings. The van der Waals surface area contributed by atoms with Gasteiger partial charge in [-0.3, -0.25) is 4.68 Å². The molecule has 0 unspecified atom stereocenters. The normalized spacial score (nSPS) is 10.3. The number of nitrogens with zero attached hydrogens (tertiary/aromatic N) is 3. The molecule has 21 heavy (non-hydrogen) atoms. The number of nitriles is 1. The second-order valence-corrected chi connectivity index (χ2v) is 4.72. The minimum absolute atomic E-state index is 0.0447. The van der Waals surface area contributed by atoms with Gasteiger partial charge in [-0.2, -0.15) is 10.4 Å². The standard InChI is InChI=1S/C17H12FN3/c18-17-7-6-14(8-15(17)9-19)16-10-20-21(12-16)11-13-4-2-1-3-5-13/h1-8,10,12H,11H2. The van der Waals surface area contributed by atoms with E-state index in [9.17, 15) is 4.39 Å². The summed E-state index contributed by atoms with van der Waals surface area (Å²) in [6, 6.07) is 16.4. The molecule has 3 rings (SSSR count). The summed E-state index contributed by atoms with van der Waals surface area (Å²) in [6.45, 7) is 0.674. The van der Waals surface area contributed by atoms with Crippen LogP contribution in [0.3, 0.4) is 0 Å². The van der Waals surface area contributed by atoms with Crippen LogP contribution in [0.25, 0.3) is 11.1 Å². The number of aromatic nitrogens is 2. The van der Waals surface area contributed by atoms with Crippen molar-refractivity contribution in [2.24, 2.45) is 0 Å². The third-order valence-electron chi connectivity index (χ3n) is 3.24. The first-order chi connectivity index (χ1) is 10.3. The fourth-order valence-corrected chi connectivity index (χ4v) is 2.16. The first kappa shape index (κ1) is 13.1. The Morgan fingerprint density at radius 1 is 1.10 bits per heavy atom. The van der Waals surface area contributed by atoms with Crippen molar-refractivity contribution in [1.82, 2.24) is 9.78 Å². The molecule has 0 atom stereocenters. The molecular formula is C17H12FN3. The predicted octanol–water partition coefficient (Wildman–Crippen LogP) is 3.61. The number of hydrogen-bond acceptors (Lipinski definition) is 2. The molecule has 1 heterocycles. The molecule has 0 N–H and O–H groups in total. The summed E-state index contributed by atoms with van der Waals surface area (Å²) in [5.41, 5.74) is 2.85. The molecule has 0 amide bonds. The van der Waals surface area contributed by atoms with Crippen LogP contribution in [0.2, 0.25) is 0 Å². The van der Waals surface area contributed by atoms with Crippen LogP contribution < -0.4 is 0 Å². The van der Waals surface area contributed by atoms with Gasteiger partial charge in [-0.15, -0.1) is 0 Å². The van der Waals surface area contributed by atoms with Crippen molar-refractivity contribution in [3.8, 4) is 17.2 Å². The van der Waals surface area contributed by atoms with Crippen molar-refractivity contribution in [1.29, 1.82) is 5.26 Å². The maximum Gasteiger partial charge on any atom is 0.140 e. The number of rotatable bonds is 3. The lowest BCUT2D eigenvalue weighted by Crippen LogP contribution is -1.99. The molecule has 0 aliphatic heterocycles. The Morgan fingerprint density at radius 3 is 2.67 bits per heavy atom. The zero-order valence-electron chi connectivity index (χ0n) is 11.2. The van der Waals surface area contributed by atoms with Crippen LogP contribution >= 0.6 is 0 Å². The molecule has 0 aliphatic rings. The van der Waals surface area contributed by atoms with Gasteiger partial charge < -0.3 is 0 Å². The van der Waals surface area contributed by atoms with E-state index in [0.29, 0.717) is 6.54 Å². The molecule has 4 heteroatoms. The molecule has 102 valence electrons. The Bertz CT molecular complexity index is 800. The summed E-state index contributed by atoms with van der Waals surface area (Å²) in [5.74, 6) is -0.502. The lowest BCUT2D eigenvalue weighted by Gasteiger charge is -2.01. The topological polar surface area (TPSA) is 41.6 Å². The molecule has 0 saturated carbocycles. The van der Waals surface area contributed by atoms with E-state index in [1.165, 1.54) is 6.07 Å². The minimum atomic E-state index is -0.502. The molecule has 0 bridgehead atoms. The summed E-state index contributed by atoms with van der Waals surface area (Å²) in [4.78, 5) is 0. The Hall–Kier alpha value is -2.93. The summed E-state index contributed by atoms with van der Waals surface area (Å²) < 4.78 is 15.2. The zero-order valence-corrected chi connectivity index (χ0v) is 11.2. The molecular weight excluding hydrogens is 265 g/mol. The van der Waals surface area contributed by atoms with Crippen LogP contribution in [0.1, 0.15) is 11.1 Å². The van der Waals surface area contributed by atoms with Crippen LogP contribution in [-0.2, 0) is 6.54 Å². The molecule has 3 nitrogen and oxygen atoms in total. The lowest BCUT2D eigenvalue weighted by atomic mass is 10.1. The summed E-state index contributed by atoms with van der Waals surface area (Å²) in [6.07, 6.45) is 3.61. The SMILES string of the molecule is N#Cc1cc(-c2cnn(Cc3ccccc3)c2)ccc1F. The summed E-state index contributed by atoms with van der Waals surface area (Å²) in [7, 11) is 0. The van der Waals surface area contributed by atoms with Gasteiger partial charge in [0.15, 0.2) is 0 Å². The van der Waals surface area contributed by atoms with E-state index in [1.807, 2.05) is 47.3 Å². The monoisotopic (exact) mass is 277 g/mol. The first-order valence-electron chi connectivity index (χ1n) is 6.52. The number of halogens is 1. The number of benzene rings is 2. The van der Waals surface area contributed by atoms with E-state index < -0.39 is 5.82 Å². The van der Waals surface area contributed by atoms with E-state index in [2.05, 4.69) is 5.10 Å². The van der Waals surface area contributed by atoms with Crippen molar-refractivity contribution in [2.75, 3.05) is 0 Å². The van der Waals surface area contributed by atoms with Gasteiger partial charge in [-0.05, 0) is 23.3 Å². The van der Waals surface area contributed by atoms with Crippen LogP contribution in [0.4, 0.5) is 4.39 Å². The minimum Gasteiger partial charge on any atom is -0.268 e. The van der Waals surface area contributed by atoms with Crippen LogP contribution in [0.15, 0.2) is 60.9 Å². The highest BCUT2D eigenvalue weighted by Crippen LogP contribution is 2.21. The molecule has 0 fully saturated rings. The van der Waals surface area contributed by atoms with E-state index in [-0.39, 0.29) is 5.56 Å². The average Bonchev–Trinajstić information content (AvgIpc) is 2.97. The van der Waals surface area contributed by atoms with Gasteiger partial charge in [-0.1, -0.05) is 36.4 Å². The maximum atomic E-state index is 13.3. The Balaban J connectivity index is 1.87. The van der Waals surface area contributed by atoms with Gasteiger partial charge in [0, 0.05) is 11.8 Å². The van der Waals surface area contributed by atoms with Crippen LogP contribution in [0.5, 0.6) is 0 Å². The van der Waals surface area contributed by atoms with Gasteiger partial charge in [0.25, 0.3) is 0 Å². The van der Waals surface area contributed by atoms with E-state index in [4.69, 9.17) is 5.26 Å². The van der Waals surface area contributed by atoms with Gasteiger partial charge in [0.1, 0.15) is 11.9 Å². The summed E-state index contributed by atoms with van der Waals surface area (Å²) in [5, 5.41) is 13.2. The average molecular weight is 277 g/mol. The van der Waals surface area contributed by atoms with Crippen molar-refractivity contribution >= 4 is 0 Å². The first-order valence-corrected chi connectivity index (χ1v) is 6.52. The predicted molar refractivity (Wildman–Crippen MR) is 77.9 cm³/mol. The van der Waals surface area contributed by atoms with Crippen molar-refractivity contribution in [3.05, 3.63) is 77.9 Å². The Kier molecular flexibility index (Phi) is 3.48. The fraction of sp³-hybridized carbons (Fsp3) is 0.0588. The molecule has 0 spiro atoms. The van der Waals surface area contributed by atoms with E-state index >= 15 is 0 Å². The zero-order chi connectivity index (χ0) is 14.7. The maximum absolute atomic E-state index is 13.3. The molecule has 0 saturated heterocycles. The van der Waals surface area contributed by atoms with Crippen LogP contribution in [-0.4, -0.2) is 9.78 Å². The molecule has 0 radical (unpaired) electrons. The quantitative estimate of drug-likeness (QED) is 0.734. The Morgan fingerprint density at radius 2 is 1.90 bits per heavy atom. The van der Waals surface area contributed by atoms with Crippen molar-refractivity contribution in [3.63, 3.8) is 0 Å². The smallest absolute Gasteiger partial charge is 0.140 e. The van der Waals surface area contributed by atoms with Crippen molar-refractivity contribution in [2.45, 2.75) is 6.54 Å². The number of hydrogen-bond donors (Lipinski definition) is 0. The van der Waals surface area contributed by atoms with Crippen molar-refractivity contribution < 1.29 is 4.39 Å². The highest BCUT2D eigenvalue weighted by molar-refractivity contribution is 5.63. The Labute approximate surface area is 121 Å². The van der Waals surface area contributed by atoms with E-state index in [1.54, 1.807) is 18.3 Å². The largest absolute Gasteiger partial charge is 0.268 e. The van der Waals surface area contributed by atoms with Gasteiger partial charge >= 0.3 is 0 Å². The van der Waals surface area contributed by atoms with Gasteiger partial charge in [-0.25, -0.2) is 4.39 Å². The molecule has 2 aromatic carbocycles. The summed E-state index contributed by atoms with van der Waals surface area (Å²) >= 11 is 0. The fourth-order valence-electron chi connectivity index (χ4n) is 2.16.